The fraction of sp³-hybridized carbons (Fsp3) is 0.556. The molecule has 24 heavy (non-hydrogen) atoms. The Morgan fingerprint density at radius 2 is 1.88 bits per heavy atom. The second-order valence-corrected chi connectivity index (χ2v) is 7.57. The molecule has 1 amide bonds. The summed E-state index contributed by atoms with van der Waals surface area (Å²) < 4.78 is 5.42. The van der Waals surface area contributed by atoms with Crippen molar-refractivity contribution in [3.8, 4) is 0 Å². The summed E-state index contributed by atoms with van der Waals surface area (Å²) in [4.78, 5) is 25.6. The van der Waals surface area contributed by atoms with Gasteiger partial charge >= 0.3 is 12.1 Å². The molecule has 1 saturated carbocycles. The quantitative estimate of drug-likeness (QED) is 0.897. The molecule has 2 fully saturated rings. The number of thioether (sulfide) groups is 1. The van der Waals surface area contributed by atoms with Gasteiger partial charge in [-0.05, 0) is 24.3 Å². The van der Waals surface area contributed by atoms with Crippen molar-refractivity contribution in [1.29, 1.82) is 0 Å². The number of nitrogens with zero attached hydrogens (tertiary/aromatic N) is 1. The Bertz CT molecular complexity index is 574. The number of carboxylic acid groups (broad SMARTS) is 1. The zero-order valence-electron chi connectivity index (χ0n) is 13.6. The van der Waals surface area contributed by atoms with E-state index >= 15 is 0 Å². The van der Waals surface area contributed by atoms with Gasteiger partial charge in [-0.25, -0.2) is 9.59 Å². The average molecular weight is 349 g/mol. The summed E-state index contributed by atoms with van der Waals surface area (Å²) in [6, 6.07) is 8.67. The lowest BCUT2D eigenvalue weighted by atomic mass is 9.88. The van der Waals surface area contributed by atoms with Crippen LogP contribution in [0.3, 0.4) is 0 Å². The number of hydrogen-bond donors (Lipinski definition) is 1. The van der Waals surface area contributed by atoms with Gasteiger partial charge in [0.1, 0.15) is 12.6 Å². The van der Waals surface area contributed by atoms with Crippen LogP contribution in [0, 0.1) is 5.92 Å². The molecule has 1 aliphatic carbocycles. The molecule has 1 heterocycles. The first-order valence-electron chi connectivity index (χ1n) is 8.50. The highest BCUT2D eigenvalue weighted by molar-refractivity contribution is 8.00. The Morgan fingerprint density at radius 1 is 1.17 bits per heavy atom. The molecule has 2 atom stereocenters. The van der Waals surface area contributed by atoms with E-state index < -0.39 is 18.1 Å². The average Bonchev–Trinajstić information content (AvgIpc) is 3.07. The van der Waals surface area contributed by atoms with Crippen LogP contribution < -0.4 is 0 Å². The van der Waals surface area contributed by atoms with E-state index in [2.05, 4.69) is 0 Å². The minimum atomic E-state index is -0.947. The number of benzene rings is 1. The van der Waals surface area contributed by atoms with Gasteiger partial charge in [-0.15, -0.1) is 11.8 Å². The number of carbonyl (C=O) groups excluding carboxylic acids is 1. The number of carbonyl (C=O) groups is 2. The lowest BCUT2D eigenvalue weighted by Gasteiger charge is -2.34. The Morgan fingerprint density at radius 3 is 2.54 bits per heavy atom. The highest BCUT2D eigenvalue weighted by Crippen LogP contribution is 2.40. The van der Waals surface area contributed by atoms with Gasteiger partial charge in [0.15, 0.2) is 0 Å². The normalized spacial score (nSPS) is 24.8. The second kappa shape index (κ2) is 7.92. The highest BCUT2D eigenvalue weighted by atomic mass is 32.2. The molecule has 2 unspecified atom stereocenters. The number of carboxylic acids is 1. The summed E-state index contributed by atoms with van der Waals surface area (Å²) in [6.45, 7) is 0.171. The Labute approximate surface area is 146 Å². The smallest absolute Gasteiger partial charge is 0.411 e. The van der Waals surface area contributed by atoms with E-state index in [0.29, 0.717) is 11.7 Å². The Kier molecular flexibility index (Phi) is 5.66. The molecule has 1 N–H and O–H groups in total. The van der Waals surface area contributed by atoms with E-state index in [0.717, 1.165) is 31.2 Å². The summed E-state index contributed by atoms with van der Waals surface area (Å²) in [5.41, 5.74) is 0.902. The summed E-state index contributed by atoms with van der Waals surface area (Å²) in [6.07, 6.45) is 5.17. The molecule has 130 valence electrons. The van der Waals surface area contributed by atoms with Crippen molar-refractivity contribution in [2.24, 2.45) is 5.92 Å². The molecule has 0 aromatic heterocycles. The first kappa shape index (κ1) is 17.1. The van der Waals surface area contributed by atoms with Gasteiger partial charge in [0.25, 0.3) is 0 Å². The van der Waals surface area contributed by atoms with Crippen LogP contribution in [0.5, 0.6) is 0 Å². The minimum Gasteiger partial charge on any atom is -0.480 e. The largest absolute Gasteiger partial charge is 0.480 e. The first-order chi connectivity index (χ1) is 11.7. The maximum absolute atomic E-state index is 12.6. The predicted octanol–water partition coefficient (Wildman–Crippen LogP) is 3.73. The zero-order chi connectivity index (χ0) is 16.9. The number of rotatable bonds is 4. The third kappa shape index (κ3) is 3.86. The highest BCUT2D eigenvalue weighted by Gasteiger charge is 2.45. The summed E-state index contributed by atoms with van der Waals surface area (Å²) in [5.74, 6) is -0.133. The van der Waals surface area contributed by atoms with Crippen molar-refractivity contribution in [2.75, 3.05) is 5.75 Å². The summed E-state index contributed by atoms with van der Waals surface area (Å²) in [5, 5.41) is 9.40. The van der Waals surface area contributed by atoms with Crippen molar-refractivity contribution in [3.05, 3.63) is 35.9 Å². The van der Waals surface area contributed by atoms with Crippen LogP contribution >= 0.6 is 11.8 Å². The third-order valence-corrected chi connectivity index (χ3v) is 6.25. The number of amides is 1. The Hall–Kier alpha value is -1.69. The fourth-order valence-corrected chi connectivity index (χ4v) is 5.15. The first-order valence-corrected chi connectivity index (χ1v) is 9.55. The predicted molar refractivity (Wildman–Crippen MR) is 92.7 cm³/mol. The van der Waals surface area contributed by atoms with E-state index in [1.165, 1.54) is 11.3 Å². The number of ether oxygens (including phenoxy) is 1. The minimum absolute atomic E-state index is 0.0744. The molecule has 0 radical (unpaired) electrons. The SMILES string of the molecule is O=C(O)C1CSC(C2CCCCC2)N1C(=O)OCc1ccccc1. The molecule has 3 rings (SSSR count). The van der Waals surface area contributed by atoms with Crippen molar-refractivity contribution in [2.45, 2.75) is 50.1 Å². The van der Waals surface area contributed by atoms with Gasteiger partial charge < -0.3 is 9.84 Å². The van der Waals surface area contributed by atoms with Gasteiger partial charge in [-0.1, -0.05) is 49.6 Å². The zero-order valence-corrected chi connectivity index (χ0v) is 14.4. The van der Waals surface area contributed by atoms with Crippen molar-refractivity contribution in [1.82, 2.24) is 4.90 Å². The molecular weight excluding hydrogens is 326 g/mol. The molecule has 1 saturated heterocycles. The van der Waals surface area contributed by atoms with Crippen LogP contribution in [-0.2, 0) is 16.1 Å². The standard InChI is InChI=1S/C18H23NO4S/c20-17(21)15-12-24-16(14-9-5-2-6-10-14)19(15)18(22)23-11-13-7-3-1-4-8-13/h1,3-4,7-8,14-16H,2,5-6,9-12H2,(H,20,21). The monoisotopic (exact) mass is 349 g/mol. The number of aliphatic carboxylic acids is 1. The van der Waals surface area contributed by atoms with E-state index in [-0.39, 0.29) is 12.0 Å². The van der Waals surface area contributed by atoms with E-state index in [9.17, 15) is 14.7 Å². The molecule has 1 aliphatic heterocycles. The van der Waals surface area contributed by atoms with Crippen LogP contribution in [0.1, 0.15) is 37.7 Å². The number of hydrogen-bond acceptors (Lipinski definition) is 4. The fourth-order valence-electron chi connectivity index (χ4n) is 3.53. The van der Waals surface area contributed by atoms with Crippen molar-refractivity contribution < 1.29 is 19.4 Å². The lowest BCUT2D eigenvalue weighted by molar-refractivity contribution is -0.142. The molecule has 5 nitrogen and oxygen atoms in total. The van der Waals surface area contributed by atoms with Crippen molar-refractivity contribution >= 4 is 23.8 Å². The third-order valence-electron chi connectivity index (χ3n) is 4.79. The summed E-state index contributed by atoms with van der Waals surface area (Å²) in [7, 11) is 0. The Balaban J connectivity index is 1.69. The molecular formula is C18H23NO4S. The second-order valence-electron chi connectivity index (χ2n) is 6.42. The molecule has 6 heteroatoms. The van der Waals surface area contributed by atoms with Crippen LogP contribution in [0.15, 0.2) is 30.3 Å². The molecule has 1 aromatic carbocycles. The van der Waals surface area contributed by atoms with Crippen molar-refractivity contribution in [3.63, 3.8) is 0 Å². The van der Waals surface area contributed by atoms with Crippen LogP contribution in [0.25, 0.3) is 0 Å². The van der Waals surface area contributed by atoms with Gasteiger partial charge in [-0.3, -0.25) is 4.90 Å². The van der Waals surface area contributed by atoms with Gasteiger partial charge in [0.05, 0.1) is 5.37 Å². The van der Waals surface area contributed by atoms with E-state index in [1.54, 1.807) is 11.8 Å². The summed E-state index contributed by atoms with van der Waals surface area (Å²) >= 11 is 1.59. The van der Waals surface area contributed by atoms with Gasteiger partial charge in [0.2, 0.25) is 0 Å². The van der Waals surface area contributed by atoms with Crippen LogP contribution in [0.2, 0.25) is 0 Å². The molecule has 2 aliphatic rings. The van der Waals surface area contributed by atoms with Gasteiger partial charge in [-0.2, -0.15) is 0 Å². The molecule has 0 spiro atoms. The van der Waals surface area contributed by atoms with Gasteiger partial charge in [0, 0.05) is 5.75 Å². The molecule has 0 bridgehead atoms. The van der Waals surface area contributed by atoms with Crippen LogP contribution in [-0.4, -0.2) is 39.2 Å². The van der Waals surface area contributed by atoms with E-state index in [1.807, 2.05) is 30.3 Å². The van der Waals surface area contributed by atoms with Crippen LogP contribution in [0.4, 0.5) is 4.79 Å². The maximum Gasteiger partial charge on any atom is 0.411 e. The topological polar surface area (TPSA) is 66.8 Å². The van der Waals surface area contributed by atoms with E-state index in [4.69, 9.17) is 4.74 Å². The lowest BCUT2D eigenvalue weighted by Crippen LogP contribution is -2.48. The molecule has 1 aromatic rings. The maximum atomic E-state index is 12.6.